The van der Waals surface area contributed by atoms with E-state index in [0.29, 0.717) is 0 Å². The minimum Gasteiger partial charge on any atom is -0.295 e. The molecule has 2 aromatic heterocycles. The Balaban J connectivity index is 1.49. The van der Waals surface area contributed by atoms with Crippen LogP contribution in [-0.2, 0) is 20.1 Å². The molecule has 20 heavy (non-hydrogen) atoms. The second kappa shape index (κ2) is 6.11. The first-order chi connectivity index (χ1) is 9.81. The van der Waals surface area contributed by atoms with Crippen molar-refractivity contribution in [3.63, 3.8) is 0 Å². The van der Waals surface area contributed by atoms with Crippen molar-refractivity contribution in [2.75, 3.05) is 26.2 Å². The third-order valence-corrected chi connectivity index (χ3v) is 3.75. The molecule has 6 nitrogen and oxygen atoms in total. The SMILES string of the molecule is Cn1ncnc1CN1CCN(Cc2ccccn2)CC1. The maximum Gasteiger partial charge on any atom is 0.140 e. The number of piperazine rings is 1. The average Bonchev–Trinajstić information content (AvgIpc) is 2.88. The van der Waals surface area contributed by atoms with Crippen molar-refractivity contribution in [2.45, 2.75) is 13.1 Å². The van der Waals surface area contributed by atoms with E-state index in [4.69, 9.17) is 0 Å². The standard InChI is InChI=1S/C14H20N6/c1-18-14(16-12-17-18)11-20-8-6-19(7-9-20)10-13-4-2-3-5-15-13/h2-5,12H,6-11H2,1H3. The molecule has 0 aromatic carbocycles. The Labute approximate surface area is 119 Å². The highest BCUT2D eigenvalue weighted by Gasteiger charge is 2.18. The molecule has 0 unspecified atom stereocenters. The number of rotatable bonds is 4. The predicted octanol–water partition coefficient (Wildman–Crippen LogP) is 0.528. The molecule has 3 heterocycles. The molecule has 0 N–H and O–H groups in total. The number of pyridine rings is 1. The van der Waals surface area contributed by atoms with Gasteiger partial charge in [0.15, 0.2) is 0 Å². The van der Waals surface area contributed by atoms with E-state index in [0.717, 1.165) is 50.8 Å². The molecule has 1 saturated heterocycles. The summed E-state index contributed by atoms with van der Waals surface area (Å²) < 4.78 is 1.85. The minimum atomic E-state index is 0.883. The maximum atomic E-state index is 4.39. The molecule has 0 atom stereocenters. The van der Waals surface area contributed by atoms with E-state index in [-0.39, 0.29) is 0 Å². The number of nitrogens with zero attached hydrogens (tertiary/aromatic N) is 6. The van der Waals surface area contributed by atoms with Gasteiger partial charge in [0.2, 0.25) is 0 Å². The van der Waals surface area contributed by atoms with E-state index < -0.39 is 0 Å². The molecule has 0 saturated carbocycles. The molecule has 6 heteroatoms. The Kier molecular flexibility index (Phi) is 4.03. The highest BCUT2D eigenvalue weighted by Crippen LogP contribution is 2.08. The second-order valence-corrected chi connectivity index (χ2v) is 5.17. The van der Waals surface area contributed by atoms with Crippen LogP contribution in [0.5, 0.6) is 0 Å². The molecule has 0 amide bonds. The lowest BCUT2D eigenvalue weighted by Gasteiger charge is -2.34. The van der Waals surface area contributed by atoms with Gasteiger partial charge in [-0.3, -0.25) is 19.5 Å². The van der Waals surface area contributed by atoms with Crippen molar-refractivity contribution in [1.82, 2.24) is 29.5 Å². The van der Waals surface area contributed by atoms with Crippen molar-refractivity contribution >= 4 is 0 Å². The zero-order valence-corrected chi connectivity index (χ0v) is 11.8. The van der Waals surface area contributed by atoms with Crippen LogP contribution in [0.4, 0.5) is 0 Å². The number of hydrogen-bond donors (Lipinski definition) is 0. The largest absolute Gasteiger partial charge is 0.295 e. The molecule has 3 rings (SSSR count). The highest BCUT2D eigenvalue weighted by molar-refractivity contribution is 5.03. The Bertz CT molecular complexity index is 530. The fourth-order valence-corrected chi connectivity index (χ4v) is 2.49. The van der Waals surface area contributed by atoms with Gasteiger partial charge in [0, 0.05) is 46.0 Å². The Morgan fingerprint density at radius 1 is 1.00 bits per heavy atom. The van der Waals surface area contributed by atoms with Crippen LogP contribution in [0, 0.1) is 0 Å². The first kappa shape index (κ1) is 13.2. The Hall–Kier alpha value is -1.79. The molecule has 106 valence electrons. The van der Waals surface area contributed by atoms with E-state index in [1.807, 2.05) is 30.1 Å². The maximum absolute atomic E-state index is 4.39. The van der Waals surface area contributed by atoms with Gasteiger partial charge in [0.25, 0.3) is 0 Å². The summed E-state index contributed by atoms with van der Waals surface area (Å²) in [7, 11) is 1.94. The van der Waals surface area contributed by atoms with Crippen LogP contribution in [0.15, 0.2) is 30.7 Å². The van der Waals surface area contributed by atoms with Crippen molar-refractivity contribution in [3.05, 3.63) is 42.2 Å². The number of aryl methyl sites for hydroxylation is 1. The summed E-state index contributed by atoms with van der Waals surface area (Å²) in [6.45, 7) is 6.12. The van der Waals surface area contributed by atoms with E-state index in [9.17, 15) is 0 Å². The van der Waals surface area contributed by atoms with Crippen molar-refractivity contribution in [2.24, 2.45) is 7.05 Å². The zero-order valence-electron chi connectivity index (χ0n) is 11.8. The molecule has 0 aliphatic carbocycles. The summed E-state index contributed by atoms with van der Waals surface area (Å²) in [6, 6.07) is 6.10. The Morgan fingerprint density at radius 2 is 1.75 bits per heavy atom. The van der Waals surface area contributed by atoms with Gasteiger partial charge in [-0.05, 0) is 12.1 Å². The van der Waals surface area contributed by atoms with Crippen LogP contribution in [0.2, 0.25) is 0 Å². The van der Waals surface area contributed by atoms with Gasteiger partial charge in [0.1, 0.15) is 12.2 Å². The van der Waals surface area contributed by atoms with Gasteiger partial charge in [-0.15, -0.1) is 0 Å². The number of aromatic nitrogens is 4. The quantitative estimate of drug-likeness (QED) is 0.812. The van der Waals surface area contributed by atoms with Crippen molar-refractivity contribution < 1.29 is 0 Å². The lowest BCUT2D eigenvalue weighted by Crippen LogP contribution is -2.45. The molecule has 0 radical (unpaired) electrons. The van der Waals surface area contributed by atoms with Gasteiger partial charge < -0.3 is 0 Å². The monoisotopic (exact) mass is 272 g/mol. The zero-order chi connectivity index (χ0) is 13.8. The average molecular weight is 272 g/mol. The second-order valence-electron chi connectivity index (χ2n) is 5.17. The van der Waals surface area contributed by atoms with Gasteiger partial charge >= 0.3 is 0 Å². The van der Waals surface area contributed by atoms with E-state index in [1.54, 1.807) is 6.33 Å². The fraction of sp³-hybridized carbons (Fsp3) is 0.500. The van der Waals surface area contributed by atoms with Crippen LogP contribution >= 0.6 is 0 Å². The van der Waals surface area contributed by atoms with E-state index >= 15 is 0 Å². The van der Waals surface area contributed by atoms with Gasteiger partial charge in [-0.25, -0.2) is 4.98 Å². The third-order valence-electron chi connectivity index (χ3n) is 3.75. The molecule has 1 aliphatic rings. The summed E-state index contributed by atoms with van der Waals surface area (Å²) >= 11 is 0. The van der Waals surface area contributed by atoms with Crippen molar-refractivity contribution in [1.29, 1.82) is 0 Å². The summed E-state index contributed by atoms with van der Waals surface area (Å²) in [5.41, 5.74) is 1.15. The first-order valence-corrected chi connectivity index (χ1v) is 6.99. The highest BCUT2D eigenvalue weighted by atomic mass is 15.3. The summed E-state index contributed by atoms with van der Waals surface area (Å²) in [4.78, 5) is 13.6. The topological polar surface area (TPSA) is 50.1 Å². The first-order valence-electron chi connectivity index (χ1n) is 6.99. The van der Waals surface area contributed by atoms with Gasteiger partial charge in [-0.1, -0.05) is 6.07 Å². The van der Waals surface area contributed by atoms with Crippen LogP contribution in [0.1, 0.15) is 11.5 Å². The third kappa shape index (κ3) is 3.20. The van der Waals surface area contributed by atoms with E-state index in [2.05, 4.69) is 30.9 Å². The van der Waals surface area contributed by atoms with E-state index in [1.165, 1.54) is 0 Å². The van der Waals surface area contributed by atoms with Crippen LogP contribution < -0.4 is 0 Å². The van der Waals surface area contributed by atoms with Gasteiger partial charge in [-0.2, -0.15) is 5.10 Å². The van der Waals surface area contributed by atoms with Crippen molar-refractivity contribution in [3.8, 4) is 0 Å². The molecular formula is C14H20N6. The van der Waals surface area contributed by atoms with Crippen LogP contribution in [-0.4, -0.2) is 55.7 Å². The Morgan fingerprint density at radius 3 is 2.35 bits per heavy atom. The smallest absolute Gasteiger partial charge is 0.140 e. The predicted molar refractivity (Wildman–Crippen MR) is 75.8 cm³/mol. The summed E-state index contributed by atoms with van der Waals surface area (Å²) in [5, 5.41) is 4.11. The molecule has 0 bridgehead atoms. The lowest BCUT2D eigenvalue weighted by atomic mass is 10.2. The number of hydrogen-bond acceptors (Lipinski definition) is 5. The summed E-state index contributed by atoms with van der Waals surface area (Å²) in [6.07, 6.45) is 3.48. The van der Waals surface area contributed by atoms with Crippen LogP contribution in [0.3, 0.4) is 0 Å². The van der Waals surface area contributed by atoms with Gasteiger partial charge in [0.05, 0.1) is 12.2 Å². The molecule has 1 fully saturated rings. The molecule has 2 aromatic rings. The minimum absolute atomic E-state index is 0.883. The molecule has 0 spiro atoms. The summed E-state index contributed by atoms with van der Waals surface area (Å²) in [5.74, 6) is 1.03. The lowest BCUT2D eigenvalue weighted by molar-refractivity contribution is 0.118. The molecular weight excluding hydrogens is 252 g/mol. The van der Waals surface area contributed by atoms with Crippen LogP contribution in [0.25, 0.3) is 0 Å². The normalized spacial score (nSPS) is 17.4. The fourth-order valence-electron chi connectivity index (χ4n) is 2.49. The molecule has 1 aliphatic heterocycles.